The Labute approximate surface area is 114 Å². The van der Waals surface area contributed by atoms with Gasteiger partial charge in [-0.2, -0.15) is 0 Å². The molecule has 1 fully saturated rings. The molecule has 1 aliphatic rings. The summed E-state index contributed by atoms with van der Waals surface area (Å²) in [5.74, 6) is 0. The standard InChI is InChI=1S/C12H18N2O6/c1-2-4-13-8(16)3-5-14(12(13)19)11-10(18)9(17)7(6-15)20-11/h3,5,7,9-11,15,17-18H,2,4,6H2,1H3. The number of nitrogens with zero attached hydrogens (tertiary/aromatic N) is 2. The molecule has 1 aromatic rings. The van der Waals surface area contributed by atoms with E-state index < -0.39 is 42.4 Å². The largest absolute Gasteiger partial charge is 0.394 e. The van der Waals surface area contributed by atoms with Crippen molar-refractivity contribution in [3.8, 4) is 0 Å². The molecule has 4 atom stereocenters. The van der Waals surface area contributed by atoms with Crippen molar-refractivity contribution in [2.24, 2.45) is 0 Å². The number of rotatable bonds is 4. The molecule has 0 spiro atoms. The van der Waals surface area contributed by atoms with Crippen LogP contribution in [-0.2, 0) is 11.3 Å². The highest BCUT2D eigenvalue weighted by atomic mass is 16.6. The zero-order chi connectivity index (χ0) is 14.9. The minimum Gasteiger partial charge on any atom is -0.394 e. The first kappa shape index (κ1) is 14.9. The van der Waals surface area contributed by atoms with Crippen molar-refractivity contribution < 1.29 is 20.1 Å². The van der Waals surface area contributed by atoms with E-state index in [1.54, 1.807) is 0 Å². The van der Waals surface area contributed by atoms with Crippen molar-refractivity contribution in [3.05, 3.63) is 33.1 Å². The minimum atomic E-state index is -1.35. The van der Waals surface area contributed by atoms with Gasteiger partial charge in [-0.3, -0.25) is 13.9 Å². The summed E-state index contributed by atoms with van der Waals surface area (Å²) in [6.07, 6.45) is -2.90. The molecule has 0 amide bonds. The number of hydrogen-bond acceptors (Lipinski definition) is 6. The van der Waals surface area contributed by atoms with Crippen LogP contribution in [0, 0.1) is 0 Å². The molecule has 0 saturated carbocycles. The fourth-order valence-electron chi connectivity index (χ4n) is 2.26. The van der Waals surface area contributed by atoms with Crippen LogP contribution in [0.4, 0.5) is 0 Å². The quantitative estimate of drug-likeness (QED) is 0.592. The Morgan fingerprint density at radius 3 is 2.55 bits per heavy atom. The molecule has 0 aliphatic carbocycles. The summed E-state index contributed by atoms with van der Waals surface area (Å²) < 4.78 is 7.37. The number of aliphatic hydroxyl groups is 3. The highest BCUT2D eigenvalue weighted by Crippen LogP contribution is 2.27. The SMILES string of the molecule is CCCn1c(=O)ccn(C2OC(CO)C(O)C2O)c1=O. The molecule has 1 aromatic heterocycles. The molecule has 3 N–H and O–H groups in total. The van der Waals surface area contributed by atoms with Crippen molar-refractivity contribution >= 4 is 0 Å². The summed E-state index contributed by atoms with van der Waals surface area (Å²) in [5.41, 5.74) is -1.05. The van der Waals surface area contributed by atoms with E-state index in [2.05, 4.69) is 0 Å². The van der Waals surface area contributed by atoms with Gasteiger partial charge in [0.15, 0.2) is 6.23 Å². The molecule has 2 heterocycles. The fourth-order valence-corrected chi connectivity index (χ4v) is 2.26. The van der Waals surface area contributed by atoms with Crippen LogP contribution < -0.4 is 11.2 Å². The molecule has 0 radical (unpaired) electrons. The van der Waals surface area contributed by atoms with E-state index >= 15 is 0 Å². The summed E-state index contributed by atoms with van der Waals surface area (Å²) in [4.78, 5) is 23.8. The minimum absolute atomic E-state index is 0.257. The van der Waals surface area contributed by atoms with Gasteiger partial charge in [0.05, 0.1) is 6.61 Å². The Bertz CT molecular complexity index is 580. The molecule has 4 unspecified atom stereocenters. The van der Waals surface area contributed by atoms with E-state index in [-0.39, 0.29) is 6.54 Å². The zero-order valence-corrected chi connectivity index (χ0v) is 11.0. The number of ether oxygens (including phenoxy) is 1. The summed E-state index contributed by atoms with van der Waals surface area (Å²) in [5, 5.41) is 28.6. The van der Waals surface area contributed by atoms with Crippen LogP contribution in [0.2, 0.25) is 0 Å². The predicted octanol–water partition coefficient (Wildman–Crippen LogP) is -1.97. The summed E-state index contributed by atoms with van der Waals surface area (Å²) in [6.45, 7) is 1.61. The lowest BCUT2D eigenvalue weighted by atomic mass is 10.1. The third kappa shape index (κ3) is 2.42. The third-order valence-electron chi connectivity index (χ3n) is 3.33. The van der Waals surface area contributed by atoms with E-state index in [1.807, 2.05) is 6.92 Å². The van der Waals surface area contributed by atoms with Crippen LogP contribution in [0.15, 0.2) is 21.9 Å². The summed E-state index contributed by atoms with van der Waals surface area (Å²) >= 11 is 0. The lowest BCUT2D eigenvalue weighted by molar-refractivity contribution is -0.0556. The summed E-state index contributed by atoms with van der Waals surface area (Å²) in [7, 11) is 0. The molecule has 8 nitrogen and oxygen atoms in total. The van der Waals surface area contributed by atoms with E-state index in [0.717, 1.165) is 9.13 Å². The molecule has 20 heavy (non-hydrogen) atoms. The van der Waals surface area contributed by atoms with Crippen LogP contribution in [0.1, 0.15) is 19.6 Å². The van der Waals surface area contributed by atoms with Gasteiger partial charge < -0.3 is 20.1 Å². The lowest BCUT2D eigenvalue weighted by Crippen LogP contribution is -2.43. The highest BCUT2D eigenvalue weighted by Gasteiger charge is 2.43. The Morgan fingerprint density at radius 1 is 1.30 bits per heavy atom. The van der Waals surface area contributed by atoms with Crippen molar-refractivity contribution in [1.82, 2.24) is 9.13 Å². The molecule has 2 rings (SSSR count). The van der Waals surface area contributed by atoms with Crippen LogP contribution in [0.5, 0.6) is 0 Å². The average molecular weight is 286 g/mol. The maximum absolute atomic E-state index is 12.2. The third-order valence-corrected chi connectivity index (χ3v) is 3.33. The van der Waals surface area contributed by atoms with Gasteiger partial charge in [-0.05, 0) is 6.42 Å². The average Bonchev–Trinajstić information content (AvgIpc) is 2.71. The molecule has 112 valence electrons. The molecule has 1 saturated heterocycles. The van der Waals surface area contributed by atoms with Crippen LogP contribution in [-0.4, -0.2) is 49.4 Å². The van der Waals surface area contributed by atoms with Crippen molar-refractivity contribution in [2.45, 2.75) is 44.4 Å². The second kappa shape index (κ2) is 5.88. The maximum atomic E-state index is 12.2. The molecule has 0 bridgehead atoms. The van der Waals surface area contributed by atoms with Gasteiger partial charge in [0.1, 0.15) is 18.3 Å². The molecule has 8 heteroatoms. The number of aromatic nitrogens is 2. The Balaban J connectivity index is 2.42. The van der Waals surface area contributed by atoms with E-state index in [0.29, 0.717) is 6.42 Å². The van der Waals surface area contributed by atoms with Gasteiger partial charge in [-0.15, -0.1) is 0 Å². The van der Waals surface area contributed by atoms with Gasteiger partial charge in [0, 0.05) is 18.8 Å². The molecule has 1 aliphatic heterocycles. The van der Waals surface area contributed by atoms with Gasteiger partial charge in [0.2, 0.25) is 0 Å². The smallest absolute Gasteiger partial charge is 0.333 e. The lowest BCUT2D eigenvalue weighted by Gasteiger charge is -2.18. The van der Waals surface area contributed by atoms with Crippen molar-refractivity contribution in [2.75, 3.05) is 6.61 Å². The maximum Gasteiger partial charge on any atom is 0.333 e. The van der Waals surface area contributed by atoms with E-state index in [1.165, 1.54) is 12.3 Å². The van der Waals surface area contributed by atoms with E-state index in [9.17, 15) is 19.8 Å². The first-order chi connectivity index (χ1) is 9.51. The van der Waals surface area contributed by atoms with Gasteiger partial charge in [0.25, 0.3) is 5.56 Å². The van der Waals surface area contributed by atoms with Crippen LogP contribution in [0.3, 0.4) is 0 Å². The normalized spacial score (nSPS) is 29.8. The van der Waals surface area contributed by atoms with Crippen LogP contribution >= 0.6 is 0 Å². The zero-order valence-electron chi connectivity index (χ0n) is 11.0. The van der Waals surface area contributed by atoms with Gasteiger partial charge >= 0.3 is 5.69 Å². The Morgan fingerprint density at radius 2 is 2.00 bits per heavy atom. The first-order valence-corrected chi connectivity index (χ1v) is 6.45. The monoisotopic (exact) mass is 286 g/mol. The van der Waals surface area contributed by atoms with Crippen molar-refractivity contribution in [3.63, 3.8) is 0 Å². The predicted molar refractivity (Wildman–Crippen MR) is 68.3 cm³/mol. The summed E-state index contributed by atoms with van der Waals surface area (Å²) in [6, 6.07) is 1.20. The second-order valence-corrected chi connectivity index (χ2v) is 4.72. The number of hydrogen-bond donors (Lipinski definition) is 3. The van der Waals surface area contributed by atoms with Crippen molar-refractivity contribution in [1.29, 1.82) is 0 Å². The van der Waals surface area contributed by atoms with Gasteiger partial charge in [-0.25, -0.2) is 4.79 Å². The Kier molecular flexibility index (Phi) is 4.39. The number of aliphatic hydroxyl groups excluding tert-OH is 3. The molecular weight excluding hydrogens is 268 g/mol. The molecular formula is C12H18N2O6. The molecule has 0 aromatic carbocycles. The second-order valence-electron chi connectivity index (χ2n) is 4.72. The highest BCUT2D eigenvalue weighted by molar-refractivity contribution is 4.94. The first-order valence-electron chi connectivity index (χ1n) is 6.45. The fraction of sp³-hybridized carbons (Fsp3) is 0.667. The van der Waals surface area contributed by atoms with Gasteiger partial charge in [-0.1, -0.05) is 6.92 Å². The Hall–Kier alpha value is -1.48. The van der Waals surface area contributed by atoms with E-state index in [4.69, 9.17) is 9.84 Å². The van der Waals surface area contributed by atoms with Crippen LogP contribution in [0.25, 0.3) is 0 Å². The topological polar surface area (TPSA) is 114 Å².